The van der Waals surface area contributed by atoms with Crippen LogP contribution in [0.4, 0.5) is 0 Å². The molecule has 0 aliphatic rings. The summed E-state index contributed by atoms with van der Waals surface area (Å²) in [6, 6.07) is 30.6. The Bertz CT molecular complexity index is 1810. The third-order valence-electron chi connectivity index (χ3n) is 7.53. The van der Waals surface area contributed by atoms with Gasteiger partial charge in [0.25, 0.3) is 0 Å². The number of allylic oxidation sites excluding steroid dienone is 1. The van der Waals surface area contributed by atoms with Crippen LogP contribution in [0.5, 0.6) is 0 Å². The molecule has 1 radical (unpaired) electrons. The van der Waals surface area contributed by atoms with Gasteiger partial charge in [0.15, 0.2) is 0 Å². The van der Waals surface area contributed by atoms with Crippen LogP contribution in [0.1, 0.15) is 63.1 Å². The van der Waals surface area contributed by atoms with E-state index in [0.717, 1.165) is 33.6 Å². The van der Waals surface area contributed by atoms with Crippen molar-refractivity contribution in [1.29, 1.82) is 0 Å². The van der Waals surface area contributed by atoms with Crippen molar-refractivity contribution in [2.75, 3.05) is 0 Å². The van der Waals surface area contributed by atoms with Crippen molar-refractivity contribution in [3.63, 3.8) is 0 Å². The van der Waals surface area contributed by atoms with Gasteiger partial charge in [0, 0.05) is 25.8 Å². The Hall–Kier alpha value is -3.30. The molecule has 0 bridgehead atoms. The van der Waals surface area contributed by atoms with Crippen LogP contribution in [-0.2, 0) is 20.1 Å². The van der Waals surface area contributed by atoms with Crippen molar-refractivity contribution < 1.29 is 20.1 Å². The summed E-state index contributed by atoms with van der Waals surface area (Å²) < 4.78 is 3.61. The molecular weight excluding hydrogens is 685 g/mol. The molecule has 0 amide bonds. The summed E-state index contributed by atoms with van der Waals surface area (Å²) in [5, 5.41) is 4.81. The number of imidazole rings is 1. The van der Waals surface area contributed by atoms with Crippen molar-refractivity contribution in [1.82, 2.24) is 9.55 Å². The van der Waals surface area contributed by atoms with Gasteiger partial charge >= 0.3 is 0 Å². The van der Waals surface area contributed by atoms with Gasteiger partial charge in [-0.25, -0.2) is 0 Å². The normalized spacial score (nSPS) is 11.5. The molecule has 0 fully saturated rings. The van der Waals surface area contributed by atoms with Crippen LogP contribution in [0.15, 0.2) is 91.5 Å². The van der Waals surface area contributed by atoms with E-state index >= 15 is 0 Å². The van der Waals surface area contributed by atoms with Crippen molar-refractivity contribution in [2.45, 2.75) is 46.5 Å². The van der Waals surface area contributed by atoms with Gasteiger partial charge < -0.3 is 4.57 Å². The van der Waals surface area contributed by atoms with Crippen LogP contribution in [0.3, 0.4) is 0 Å². The van der Waals surface area contributed by atoms with Gasteiger partial charge in [-0.15, -0.1) is 5.39 Å². The monoisotopic (exact) mass is 718 g/mol. The van der Waals surface area contributed by atoms with Gasteiger partial charge in [0.05, 0.1) is 16.9 Å². The fourth-order valence-electron chi connectivity index (χ4n) is 5.44. The minimum Gasteiger partial charge on any atom is -0.333 e. The van der Waals surface area contributed by atoms with Crippen LogP contribution >= 0.6 is 11.3 Å². The summed E-state index contributed by atoms with van der Waals surface area (Å²) in [4.78, 5) is 5.25. The maximum Gasteiger partial charge on any atom is 0.0774 e. The molecule has 40 heavy (non-hydrogen) atoms. The minimum atomic E-state index is 0. The summed E-state index contributed by atoms with van der Waals surface area (Å²) in [6.45, 7) is 15.4. The molecule has 4 aromatic carbocycles. The molecule has 0 unspecified atom stereocenters. The summed E-state index contributed by atoms with van der Waals surface area (Å²) in [5.74, 6) is 1.60. The largest absolute Gasteiger partial charge is 0.333 e. The molecule has 0 spiro atoms. The Labute approximate surface area is 254 Å². The predicted octanol–water partition coefficient (Wildman–Crippen LogP) is 10.7. The first kappa shape index (κ1) is 28.2. The molecule has 2 heterocycles. The molecular formula is C36H33IrN2S-. The quantitative estimate of drug-likeness (QED) is 0.157. The van der Waals surface area contributed by atoms with E-state index in [0.29, 0.717) is 11.8 Å². The Morgan fingerprint density at radius 1 is 0.825 bits per heavy atom. The average Bonchev–Trinajstić information content (AvgIpc) is 3.53. The van der Waals surface area contributed by atoms with Crippen LogP contribution in [0.2, 0.25) is 0 Å². The van der Waals surface area contributed by atoms with E-state index in [4.69, 9.17) is 4.98 Å². The fraction of sp³-hybridized carbons (Fsp3) is 0.194. The number of rotatable bonds is 6. The molecule has 4 heteroatoms. The van der Waals surface area contributed by atoms with E-state index in [2.05, 4.69) is 136 Å². The van der Waals surface area contributed by atoms with E-state index in [1.807, 2.05) is 0 Å². The number of fused-ring (bicyclic) bond motifs is 2. The maximum absolute atomic E-state index is 5.25. The van der Waals surface area contributed by atoms with Gasteiger partial charge in [-0.2, -0.15) is 0 Å². The third-order valence-corrected chi connectivity index (χ3v) is 8.41. The molecule has 203 valence electrons. The summed E-state index contributed by atoms with van der Waals surface area (Å²) in [7, 11) is 0. The molecule has 0 N–H and O–H groups in total. The first-order chi connectivity index (χ1) is 18.8. The maximum atomic E-state index is 5.25. The second-order valence-corrected chi connectivity index (χ2v) is 11.9. The Kier molecular flexibility index (Phi) is 7.97. The Morgan fingerprint density at radius 2 is 1.48 bits per heavy atom. The van der Waals surface area contributed by atoms with Gasteiger partial charge in [-0.1, -0.05) is 116 Å². The Morgan fingerprint density at radius 3 is 2.12 bits per heavy atom. The Balaban J connectivity index is 0.00000323. The number of para-hydroxylation sites is 2. The van der Waals surface area contributed by atoms with Crippen LogP contribution in [0, 0.1) is 5.38 Å². The molecule has 6 rings (SSSR count). The fourth-order valence-corrected chi connectivity index (χ4v) is 6.26. The van der Waals surface area contributed by atoms with E-state index < -0.39 is 0 Å². The molecule has 0 atom stereocenters. The average molecular weight is 718 g/mol. The molecule has 2 aromatic heterocycles. The zero-order valence-corrected chi connectivity index (χ0v) is 26.8. The van der Waals surface area contributed by atoms with E-state index in [-0.39, 0.29) is 20.1 Å². The van der Waals surface area contributed by atoms with Crippen LogP contribution in [-0.4, -0.2) is 9.55 Å². The van der Waals surface area contributed by atoms with Gasteiger partial charge in [0.2, 0.25) is 0 Å². The second kappa shape index (κ2) is 11.3. The SMILES string of the molecule is C=C(C)c1ccc2s[c-]c(-c3nc4ccccc4n3-c3c(C(C)C)cc(-c4ccccc4)cc3C(C)C)c2c1.[Ir]. The second-order valence-electron chi connectivity index (χ2n) is 11.0. The molecule has 6 aromatic rings. The van der Waals surface area contributed by atoms with Crippen LogP contribution < -0.4 is 0 Å². The molecule has 2 nitrogen and oxygen atoms in total. The van der Waals surface area contributed by atoms with Crippen molar-refractivity contribution in [3.8, 4) is 28.2 Å². The first-order valence-corrected chi connectivity index (χ1v) is 14.5. The van der Waals surface area contributed by atoms with Crippen molar-refractivity contribution in [2.24, 2.45) is 0 Å². The van der Waals surface area contributed by atoms with Gasteiger partial charge in [-0.3, -0.25) is 16.3 Å². The number of hydrogen-bond acceptors (Lipinski definition) is 2. The number of thiophene rings is 1. The summed E-state index contributed by atoms with van der Waals surface area (Å²) >= 11 is 1.66. The zero-order valence-electron chi connectivity index (χ0n) is 23.6. The number of benzene rings is 4. The van der Waals surface area contributed by atoms with E-state index in [1.165, 1.54) is 38.0 Å². The van der Waals surface area contributed by atoms with Gasteiger partial charge in [0.1, 0.15) is 0 Å². The van der Waals surface area contributed by atoms with Crippen LogP contribution in [0.25, 0.3) is 54.9 Å². The minimum absolute atomic E-state index is 0. The number of aromatic nitrogens is 2. The summed E-state index contributed by atoms with van der Waals surface area (Å²) in [5.41, 5.74) is 11.8. The predicted molar refractivity (Wildman–Crippen MR) is 169 cm³/mol. The standard InChI is InChI=1S/C36H33N2S.Ir/c1-22(2)26-16-17-34-30(18-26)31(21-39-34)36-37-32-14-10-11-15-33(32)38(36)35-28(23(3)4)19-27(20-29(35)24(5)6)25-12-8-7-9-13-25;/h7-20,23-24H,1H2,2-6H3;/q-1;. The van der Waals surface area contributed by atoms with Crippen molar-refractivity contribution in [3.05, 3.63) is 114 Å². The van der Waals surface area contributed by atoms with Gasteiger partial charge in [-0.05, 0) is 70.8 Å². The zero-order chi connectivity index (χ0) is 27.3. The molecule has 0 saturated carbocycles. The molecule has 0 saturated heterocycles. The molecule has 0 aliphatic heterocycles. The topological polar surface area (TPSA) is 17.8 Å². The number of hydrogen-bond donors (Lipinski definition) is 0. The van der Waals surface area contributed by atoms with E-state index in [1.54, 1.807) is 11.3 Å². The third kappa shape index (κ3) is 4.90. The molecule has 0 aliphatic carbocycles. The summed E-state index contributed by atoms with van der Waals surface area (Å²) in [6.07, 6.45) is 0. The number of nitrogens with zero attached hydrogens (tertiary/aromatic N) is 2. The van der Waals surface area contributed by atoms with E-state index in [9.17, 15) is 0 Å². The smallest absolute Gasteiger partial charge is 0.0774 e. The first-order valence-electron chi connectivity index (χ1n) is 13.6. The van der Waals surface area contributed by atoms with Crippen molar-refractivity contribution >= 4 is 38.0 Å².